The minimum absolute atomic E-state index is 0.198. The zero-order chi connectivity index (χ0) is 12.2. The van der Waals surface area contributed by atoms with Crippen LogP contribution in [0.15, 0.2) is 23.1 Å². The molecule has 0 aliphatic rings. The zero-order valence-electron chi connectivity index (χ0n) is 9.41. The van der Waals surface area contributed by atoms with Gasteiger partial charge >= 0.3 is 0 Å². The third-order valence-corrected chi connectivity index (χ3v) is 2.89. The van der Waals surface area contributed by atoms with E-state index in [1.165, 1.54) is 16.9 Å². The van der Waals surface area contributed by atoms with E-state index in [9.17, 15) is 9.18 Å². The Labute approximate surface area is 95.7 Å². The summed E-state index contributed by atoms with van der Waals surface area (Å²) in [5.41, 5.74) is 1.77. The van der Waals surface area contributed by atoms with E-state index in [2.05, 4.69) is 10.1 Å². The van der Waals surface area contributed by atoms with E-state index >= 15 is 0 Å². The predicted octanol–water partition coefficient (Wildman–Crippen LogP) is 1.86. The van der Waals surface area contributed by atoms with Crippen LogP contribution in [0.1, 0.15) is 5.56 Å². The summed E-state index contributed by atoms with van der Waals surface area (Å²) < 4.78 is 15.3. The van der Waals surface area contributed by atoms with Crippen molar-refractivity contribution in [3.05, 3.63) is 39.9 Å². The van der Waals surface area contributed by atoms with Crippen molar-refractivity contribution in [1.29, 1.82) is 0 Å². The van der Waals surface area contributed by atoms with Crippen molar-refractivity contribution < 1.29 is 4.39 Å². The van der Waals surface area contributed by atoms with Gasteiger partial charge in [-0.05, 0) is 24.6 Å². The number of nitrogens with zero attached hydrogens (tertiary/aromatic N) is 2. The number of aryl methyl sites for hydroxylation is 2. The molecule has 1 N–H and O–H groups in total. The number of aromatic amines is 1. The number of aromatic nitrogens is 3. The lowest BCUT2D eigenvalue weighted by molar-refractivity contribution is 0.636. The Morgan fingerprint density at radius 2 is 2.18 bits per heavy atom. The number of hydrogen-bond donors (Lipinski definition) is 1. The van der Waals surface area contributed by atoms with Crippen LogP contribution in [0.4, 0.5) is 4.39 Å². The summed E-state index contributed by atoms with van der Waals surface area (Å²) >= 11 is 0. The van der Waals surface area contributed by atoms with Crippen molar-refractivity contribution in [2.75, 3.05) is 0 Å². The van der Waals surface area contributed by atoms with Gasteiger partial charge < -0.3 is 4.98 Å². The van der Waals surface area contributed by atoms with Crippen LogP contribution in [0.25, 0.3) is 21.9 Å². The maximum atomic E-state index is 13.8. The standard InChI is InChI=1S/C12H10FN3O/c1-6-3-7-10(8(13)4-6)15-9-5-14-16(2)11(9)12(7)17/h3-5H,1-2H3,(H,15,17). The highest BCUT2D eigenvalue weighted by atomic mass is 19.1. The molecule has 3 aromatic rings. The van der Waals surface area contributed by atoms with Gasteiger partial charge in [-0.1, -0.05) is 0 Å². The van der Waals surface area contributed by atoms with Gasteiger partial charge in [-0.2, -0.15) is 5.10 Å². The number of fused-ring (bicyclic) bond motifs is 2. The summed E-state index contributed by atoms with van der Waals surface area (Å²) in [5, 5.41) is 4.35. The second-order valence-corrected chi connectivity index (χ2v) is 4.15. The molecule has 0 saturated heterocycles. The van der Waals surface area contributed by atoms with Gasteiger partial charge in [0.05, 0.1) is 22.6 Å². The van der Waals surface area contributed by atoms with E-state index in [-0.39, 0.29) is 10.9 Å². The van der Waals surface area contributed by atoms with Gasteiger partial charge in [0.2, 0.25) is 5.43 Å². The lowest BCUT2D eigenvalue weighted by Gasteiger charge is -2.02. The highest BCUT2D eigenvalue weighted by molar-refractivity contribution is 5.91. The number of hydrogen-bond acceptors (Lipinski definition) is 2. The van der Waals surface area contributed by atoms with Crippen LogP contribution in [-0.2, 0) is 7.05 Å². The number of pyridine rings is 1. The van der Waals surface area contributed by atoms with E-state index in [1.807, 2.05) is 0 Å². The van der Waals surface area contributed by atoms with Crippen molar-refractivity contribution in [1.82, 2.24) is 14.8 Å². The quantitative estimate of drug-likeness (QED) is 0.642. The molecule has 0 atom stereocenters. The average molecular weight is 231 g/mol. The van der Waals surface area contributed by atoms with Gasteiger partial charge in [0, 0.05) is 7.05 Å². The van der Waals surface area contributed by atoms with E-state index in [0.29, 0.717) is 16.4 Å². The number of halogens is 1. The summed E-state index contributed by atoms with van der Waals surface area (Å²) in [5.74, 6) is -0.414. The van der Waals surface area contributed by atoms with Crippen LogP contribution in [0, 0.1) is 12.7 Å². The molecule has 3 rings (SSSR count). The Hall–Kier alpha value is -2.17. The molecule has 2 heterocycles. The molecule has 0 spiro atoms. The third-order valence-electron chi connectivity index (χ3n) is 2.89. The fourth-order valence-electron chi connectivity index (χ4n) is 2.11. The van der Waals surface area contributed by atoms with Crippen molar-refractivity contribution in [3.63, 3.8) is 0 Å². The Morgan fingerprint density at radius 1 is 1.41 bits per heavy atom. The van der Waals surface area contributed by atoms with Gasteiger partial charge in [0.25, 0.3) is 0 Å². The first-order valence-corrected chi connectivity index (χ1v) is 5.22. The van der Waals surface area contributed by atoms with Gasteiger partial charge in [0.1, 0.15) is 11.3 Å². The van der Waals surface area contributed by atoms with Crippen LogP contribution in [0.3, 0.4) is 0 Å². The second kappa shape index (κ2) is 3.16. The van der Waals surface area contributed by atoms with Crippen molar-refractivity contribution >= 4 is 21.9 Å². The third kappa shape index (κ3) is 1.28. The number of nitrogens with one attached hydrogen (secondary N) is 1. The lowest BCUT2D eigenvalue weighted by atomic mass is 10.1. The maximum absolute atomic E-state index is 13.8. The Kier molecular flexibility index (Phi) is 1.86. The second-order valence-electron chi connectivity index (χ2n) is 4.15. The van der Waals surface area contributed by atoms with Crippen LogP contribution in [0.5, 0.6) is 0 Å². The van der Waals surface area contributed by atoms with E-state index in [4.69, 9.17) is 0 Å². The molecule has 0 aliphatic carbocycles. The molecule has 0 bridgehead atoms. The maximum Gasteiger partial charge on any atom is 0.215 e. The minimum Gasteiger partial charge on any atom is -0.349 e. The number of H-pyrrole nitrogens is 1. The molecule has 17 heavy (non-hydrogen) atoms. The molecule has 0 radical (unpaired) electrons. The summed E-state index contributed by atoms with van der Waals surface area (Å²) in [6.45, 7) is 1.76. The first-order chi connectivity index (χ1) is 8.08. The van der Waals surface area contributed by atoms with Gasteiger partial charge in [-0.25, -0.2) is 4.39 Å². The highest BCUT2D eigenvalue weighted by Crippen LogP contribution is 2.18. The monoisotopic (exact) mass is 231 g/mol. The molecule has 4 nitrogen and oxygen atoms in total. The zero-order valence-corrected chi connectivity index (χ0v) is 9.41. The summed E-state index contributed by atoms with van der Waals surface area (Å²) in [6.07, 6.45) is 1.52. The largest absolute Gasteiger partial charge is 0.349 e. The van der Waals surface area contributed by atoms with Crippen LogP contribution >= 0.6 is 0 Å². The van der Waals surface area contributed by atoms with Crippen LogP contribution < -0.4 is 5.43 Å². The van der Waals surface area contributed by atoms with Gasteiger partial charge in [0.15, 0.2) is 0 Å². The molecule has 0 amide bonds. The lowest BCUT2D eigenvalue weighted by Crippen LogP contribution is -2.09. The fraction of sp³-hybridized carbons (Fsp3) is 0.167. The first-order valence-electron chi connectivity index (χ1n) is 5.22. The molecule has 0 unspecified atom stereocenters. The predicted molar refractivity (Wildman–Crippen MR) is 63.5 cm³/mol. The van der Waals surface area contributed by atoms with E-state index in [1.54, 1.807) is 20.0 Å². The van der Waals surface area contributed by atoms with Crippen molar-refractivity contribution in [2.24, 2.45) is 7.05 Å². The van der Waals surface area contributed by atoms with Crippen LogP contribution in [0.2, 0.25) is 0 Å². The molecule has 5 heteroatoms. The molecule has 0 aliphatic heterocycles. The molecular weight excluding hydrogens is 221 g/mol. The Bertz CT molecular complexity index is 801. The summed E-state index contributed by atoms with van der Waals surface area (Å²) in [4.78, 5) is 15.1. The van der Waals surface area contributed by atoms with Gasteiger partial charge in [-0.15, -0.1) is 0 Å². The summed E-state index contributed by atoms with van der Waals surface area (Å²) in [6, 6.07) is 3.09. The van der Waals surface area contributed by atoms with Crippen molar-refractivity contribution in [2.45, 2.75) is 6.92 Å². The minimum atomic E-state index is -0.414. The topological polar surface area (TPSA) is 50.7 Å². The normalized spacial score (nSPS) is 11.5. The summed E-state index contributed by atoms with van der Waals surface area (Å²) in [7, 11) is 1.69. The Balaban J connectivity index is 2.66. The van der Waals surface area contributed by atoms with Crippen LogP contribution in [-0.4, -0.2) is 14.8 Å². The first kappa shape index (κ1) is 10.0. The highest BCUT2D eigenvalue weighted by Gasteiger charge is 2.12. The number of rotatable bonds is 0. The fourth-order valence-corrected chi connectivity index (χ4v) is 2.11. The SMILES string of the molecule is Cc1cc(F)c2[nH]c3cnn(C)c3c(=O)c2c1. The van der Waals surface area contributed by atoms with Gasteiger partial charge in [-0.3, -0.25) is 9.48 Å². The average Bonchev–Trinajstić information content (AvgIpc) is 2.63. The smallest absolute Gasteiger partial charge is 0.215 e. The molecule has 0 fully saturated rings. The molecule has 0 saturated carbocycles. The van der Waals surface area contributed by atoms with E-state index in [0.717, 1.165) is 5.56 Å². The number of benzene rings is 1. The Morgan fingerprint density at radius 3 is 2.94 bits per heavy atom. The van der Waals surface area contributed by atoms with Crippen molar-refractivity contribution in [3.8, 4) is 0 Å². The molecule has 1 aromatic carbocycles. The molecular formula is C12H10FN3O. The van der Waals surface area contributed by atoms with E-state index < -0.39 is 5.82 Å². The molecule has 2 aromatic heterocycles. The molecule has 86 valence electrons.